The number of para-hydroxylation sites is 1. The highest BCUT2D eigenvalue weighted by molar-refractivity contribution is 7.18. The number of carbonyl (C=O) groups excluding carboxylic acids is 2. The lowest BCUT2D eigenvalue weighted by Crippen LogP contribution is -2.57. The number of nitrogens with one attached hydrogen (secondary N) is 1. The van der Waals surface area contributed by atoms with Crippen molar-refractivity contribution in [3.8, 4) is 5.75 Å². The average Bonchev–Trinajstić information content (AvgIpc) is 3.17. The summed E-state index contributed by atoms with van der Waals surface area (Å²) in [7, 11) is 0. The Morgan fingerprint density at radius 1 is 1.35 bits per heavy atom. The molecule has 4 heterocycles. The second-order valence-electron chi connectivity index (χ2n) is 7.66. The van der Waals surface area contributed by atoms with Crippen molar-refractivity contribution in [3.63, 3.8) is 0 Å². The Bertz CT molecular complexity index is 1230. The third-order valence-corrected chi connectivity index (χ3v) is 6.70. The fourth-order valence-electron chi connectivity index (χ4n) is 4.07. The van der Waals surface area contributed by atoms with Gasteiger partial charge in [0.1, 0.15) is 10.6 Å². The van der Waals surface area contributed by atoms with Crippen LogP contribution >= 0.6 is 11.3 Å². The fraction of sp³-hybridized carbons (Fsp3) is 0.333. The van der Waals surface area contributed by atoms with Crippen LogP contribution in [0, 0.1) is 0 Å². The van der Waals surface area contributed by atoms with Crippen molar-refractivity contribution in [1.29, 1.82) is 0 Å². The molecule has 160 valence electrons. The Morgan fingerprint density at radius 2 is 2.16 bits per heavy atom. The maximum Gasteiger partial charge on any atom is 0.276 e. The van der Waals surface area contributed by atoms with Crippen molar-refractivity contribution in [2.24, 2.45) is 0 Å². The molecule has 3 aromatic rings. The van der Waals surface area contributed by atoms with E-state index >= 15 is 0 Å². The summed E-state index contributed by atoms with van der Waals surface area (Å²) in [5, 5.41) is 13.9. The minimum Gasteiger partial charge on any atom is -0.503 e. The molecule has 0 aliphatic carbocycles. The summed E-state index contributed by atoms with van der Waals surface area (Å²) in [5.74, 6) is -1.82. The van der Waals surface area contributed by atoms with Crippen molar-refractivity contribution < 1.29 is 19.4 Å². The van der Waals surface area contributed by atoms with Crippen LogP contribution < -0.4 is 10.7 Å². The normalized spacial score (nSPS) is 20.4. The maximum absolute atomic E-state index is 12.9. The predicted molar refractivity (Wildman–Crippen MR) is 113 cm³/mol. The Balaban J connectivity index is 1.42. The van der Waals surface area contributed by atoms with Crippen LogP contribution in [0.3, 0.4) is 0 Å². The smallest absolute Gasteiger partial charge is 0.276 e. The summed E-state index contributed by atoms with van der Waals surface area (Å²) in [5.41, 5.74) is -0.368. The van der Waals surface area contributed by atoms with Gasteiger partial charge in [-0.25, -0.2) is 4.98 Å². The van der Waals surface area contributed by atoms with E-state index in [1.165, 1.54) is 22.1 Å². The number of carbonyl (C=O) groups is 2. The molecular formula is C21H20N4O5S. The van der Waals surface area contributed by atoms with Crippen molar-refractivity contribution in [1.82, 2.24) is 19.8 Å². The second-order valence-corrected chi connectivity index (χ2v) is 8.77. The van der Waals surface area contributed by atoms with E-state index < -0.39 is 29.2 Å². The van der Waals surface area contributed by atoms with E-state index in [1.807, 2.05) is 31.2 Å². The van der Waals surface area contributed by atoms with E-state index in [1.54, 1.807) is 4.90 Å². The number of ether oxygens (including phenoxy) is 1. The number of fused-ring (bicyclic) bond motifs is 3. The maximum atomic E-state index is 12.9. The summed E-state index contributed by atoms with van der Waals surface area (Å²) < 4.78 is 8.14. The highest BCUT2D eigenvalue weighted by atomic mass is 32.1. The van der Waals surface area contributed by atoms with Gasteiger partial charge in [-0.1, -0.05) is 12.1 Å². The number of hydrogen-bond donors (Lipinski definition) is 2. The van der Waals surface area contributed by atoms with Gasteiger partial charge in [-0.2, -0.15) is 0 Å². The van der Waals surface area contributed by atoms with Gasteiger partial charge in [-0.15, -0.1) is 11.3 Å². The first-order valence-corrected chi connectivity index (χ1v) is 10.8. The highest BCUT2D eigenvalue weighted by Crippen LogP contribution is 2.29. The molecule has 10 heteroatoms. The fourth-order valence-corrected chi connectivity index (χ4v) is 4.97. The van der Waals surface area contributed by atoms with E-state index in [-0.39, 0.29) is 30.4 Å². The quantitative estimate of drug-likeness (QED) is 0.641. The molecule has 5 rings (SSSR count). The minimum atomic E-state index is -0.870. The summed E-state index contributed by atoms with van der Waals surface area (Å²) in [6, 6.07) is 7.57. The number of nitrogens with zero attached hydrogens (tertiary/aromatic N) is 3. The van der Waals surface area contributed by atoms with Gasteiger partial charge in [0.15, 0.2) is 17.7 Å². The monoisotopic (exact) mass is 440 g/mol. The number of aromatic hydroxyl groups is 1. The van der Waals surface area contributed by atoms with Crippen LogP contribution in [-0.4, -0.2) is 50.2 Å². The zero-order valence-corrected chi connectivity index (χ0v) is 17.5. The molecule has 0 spiro atoms. The van der Waals surface area contributed by atoms with Crippen LogP contribution in [0.5, 0.6) is 5.75 Å². The molecule has 0 radical (unpaired) electrons. The zero-order valence-electron chi connectivity index (χ0n) is 16.7. The first-order chi connectivity index (χ1) is 14.9. The van der Waals surface area contributed by atoms with Crippen molar-refractivity contribution in [2.75, 3.05) is 6.61 Å². The number of rotatable bonds is 3. The standard InChI is InChI=1S/C21H20N4O5S/c1-11-6-7-30-16-10-24-9-12(18(26)19(27)17(24)21(29)25(11)16)20(28)22-8-15-23-13-4-2-3-5-14(13)31-15/h2-5,9,11,16,27H,6-8,10H2,1H3,(H,22,28)/t11-,16+/m1/s1. The molecule has 2 aliphatic heterocycles. The van der Waals surface area contributed by atoms with Crippen LogP contribution in [0.2, 0.25) is 0 Å². The summed E-state index contributed by atoms with van der Waals surface area (Å²) in [6.45, 7) is 2.81. The lowest BCUT2D eigenvalue weighted by atomic mass is 10.1. The van der Waals surface area contributed by atoms with Crippen molar-refractivity contribution in [2.45, 2.75) is 38.7 Å². The number of benzene rings is 1. The number of amides is 2. The molecule has 0 unspecified atom stereocenters. The Hall–Kier alpha value is -3.24. The molecule has 1 saturated heterocycles. The Labute approximate surface area is 180 Å². The second kappa shape index (κ2) is 7.47. The summed E-state index contributed by atoms with van der Waals surface area (Å²) >= 11 is 1.45. The van der Waals surface area contributed by atoms with E-state index in [0.717, 1.165) is 10.2 Å². The molecule has 2 amide bonds. The third-order valence-electron chi connectivity index (χ3n) is 5.66. The molecule has 0 bridgehead atoms. The molecule has 1 fully saturated rings. The lowest BCUT2D eigenvalue weighted by Gasteiger charge is -2.44. The van der Waals surface area contributed by atoms with Crippen LogP contribution in [0.15, 0.2) is 35.3 Å². The van der Waals surface area contributed by atoms with Gasteiger partial charge in [-0.05, 0) is 25.5 Å². The van der Waals surface area contributed by atoms with Crippen LogP contribution in [0.1, 0.15) is 39.2 Å². The molecule has 9 nitrogen and oxygen atoms in total. The minimum absolute atomic E-state index is 0.0636. The molecule has 2 aromatic heterocycles. The van der Waals surface area contributed by atoms with Crippen LogP contribution in [-0.2, 0) is 17.8 Å². The van der Waals surface area contributed by atoms with Crippen molar-refractivity contribution >= 4 is 33.4 Å². The number of thiazole rings is 1. The van der Waals surface area contributed by atoms with E-state index in [2.05, 4.69) is 10.3 Å². The molecule has 2 atom stereocenters. The summed E-state index contributed by atoms with van der Waals surface area (Å²) in [6.07, 6.45) is 1.51. The van der Waals surface area contributed by atoms with Gasteiger partial charge < -0.3 is 24.6 Å². The third kappa shape index (κ3) is 3.28. The van der Waals surface area contributed by atoms with Gasteiger partial charge in [-0.3, -0.25) is 14.4 Å². The van der Waals surface area contributed by atoms with Crippen molar-refractivity contribution in [3.05, 3.63) is 57.0 Å². The number of aromatic nitrogens is 2. The molecule has 0 saturated carbocycles. The molecule has 31 heavy (non-hydrogen) atoms. The zero-order chi connectivity index (χ0) is 21.7. The molecule has 1 aromatic carbocycles. The van der Waals surface area contributed by atoms with E-state index in [4.69, 9.17) is 4.74 Å². The van der Waals surface area contributed by atoms with Gasteiger partial charge >= 0.3 is 0 Å². The first-order valence-electron chi connectivity index (χ1n) is 9.97. The SMILES string of the molecule is C[C@@H]1CCO[C@H]2Cn3cc(C(=O)NCc4nc5ccccc5s4)c(=O)c(O)c3C(=O)N12. The van der Waals surface area contributed by atoms with Gasteiger partial charge in [0, 0.05) is 12.2 Å². The molecular weight excluding hydrogens is 420 g/mol. The molecule has 2 aliphatic rings. The molecule has 2 N–H and O–H groups in total. The highest BCUT2D eigenvalue weighted by Gasteiger charge is 2.41. The van der Waals surface area contributed by atoms with Crippen LogP contribution in [0.25, 0.3) is 10.2 Å². The number of hydrogen-bond acceptors (Lipinski definition) is 7. The van der Waals surface area contributed by atoms with E-state index in [9.17, 15) is 19.5 Å². The Kier molecular flexibility index (Phi) is 4.75. The topological polar surface area (TPSA) is 114 Å². The predicted octanol–water partition coefficient (Wildman–Crippen LogP) is 1.68. The average molecular weight is 440 g/mol. The summed E-state index contributed by atoms with van der Waals surface area (Å²) in [4.78, 5) is 44.3. The van der Waals surface area contributed by atoms with Gasteiger partial charge in [0.2, 0.25) is 5.43 Å². The van der Waals surface area contributed by atoms with Gasteiger partial charge in [0.25, 0.3) is 11.8 Å². The Morgan fingerprint density at radius 3 is 2.97 bits per heavy atom. The van der Waals surface area contributed by atoms with Crippen LogP contribution in [0.4, 0.5) is 0 Å². The first kappa shape index (κ1) is 19.7. The van der Waals surface area contributed by atoms with E-state index in [0.29, 0.717) is 18.0 Å². The van der Waals surface area contributed by atoms with Gasteiger partial charge in [0.05, 0.1) is 29.9 Å². The lowest BCUT2D eigenvalue weighted by molar-refractivity contribution is -0.112. The number of pyridine rings is 1. The largest absolute Gasteiger partial charge is 0.503 e.